The van der Waals surface area contributed by atoms with E-state index in [1.54, 1.807) is 0 Å². The van der Waals surface area contributed by atoms with Crippen LogP contribution >= 0.6 is 0 Å². The van der Waals surface area contributed by atoms with Crippen LogP contribution in [0, 0.1) is 0 Å². The van der Waals surface area contributed by atoms with Crippen molar-refractivity contribution in [3.8, 4) is 0 Å². The van der Waals surface area contributed by atoms with E-state index < -0.39 is 17.3 Å². The number of carboxylic acid groups (broad SMARTS) is 1. The molecule has 9 nitrogen and oxygen atoms in total. The van der Waals surface area contributed by atoms with Gasteiger partial charge in [0.1, 0.15) is 11.3 Å². The Kier molecular flexibility index (Phi) is 2.42. The number of imidazole rings is 1. The van der Waals surface area contributed by atoms with Crippen molar-refractivity contribution in [1.82, 2.24) is 24.8 Å². The first kappa shape index (κ1) is 10.9. The lowest BCUT2D eigenvalue weighted by molar-refractivity contribution is 0.193. The minimum atomic E-state index is -1.20. The molecule has 17 heavy (non-hydrogen) atoms. The van der Waals surface area contributed by atoms with Gasteiger partial charge in [0.15, 0.2) is 5.65 Å². The first-order chi connectivity index (χ1) is 7.99. The third-order valence-corrected chi connectivity index (χ3v) is 2.21. The normalized spacial score (nSPS) is 10.6. The van der Waals surface area contributed by atoms with Crippen LogP contribution in [-0.4, -0.2) is 30.7 Å². The zero-order valence-corrected chi connectivity index (χ0v) is 8.77. The molecule has 2 aromatic heterocycles. The lowest BCUT2D eigenvalue weighted by atomic mass is 10.5. The Hall–Kier alpha value is -2.58. The molecule has 1 amide bonds. The Labute approximate surface area is 93.1 Å². The van der Waals surface area contributed by atoms with Crippen LogP contribution in [0.1, 0.15) is 5.82 Å². The van der Waals surface area contributed by atoms with E-state index in [1.165, 1.54) is 7.05 Å². The fourth-order valence-electron chi connectivity index (χ4n) is 1.40. The molecule has 0 aromatic carbocycles. The van der Waals surface area contributed by atoms with Crippen LogP contribution in [0.3, 0.4) is 0 Å². The van der Waals surface area contributed by atoms with Crippen molar-refractivity contribution in [2.24, 2.45) is 7.05 Å². The van der Waals surface area contributed by atoms with E-state index in [-0.39, 0.29) is 23.5 Å². The maximum atomic E-state index is 11.4. The number of nitrogens with one attached hydrogen (secondary N) is 3. The molecule has 0 atom stereocenters. The van der Waals surface area contributed by atoms with Crippen LogP contribution in [-0.2, 0) is 13.6 Å². The molecular weight excluding hydrogens is 230 g/mol. The van der Waals surface area contributed by atoms with Gasteiger partial charge >= 0.3 is 11.8 Å². The molecule has 0 saturated carbocycles. The smallest absolute Gasteiger partial charge is 0.405 e. The first-order valence-corrected chi connectivity index (χ1v) is 4.63. The second-order valence-electron chi connectivity index (χ2n) is 3.36. The van der Waals surface area contributed by atoms with Gasteiger partial charge in [0.2, 0.25) is 0 Å². The zero-order valence-electron chi connectivity index (χ0n) is 8.77. The van der Waals surface area contributed by atoms with Crippen LogP contribution in [0.2, 0.25) is 0 Å². The van der Waals surface area contributed by atoms with Gasteiger partial charge < -0.3 is 15.4 Å². The molecular formula is C8H9N5O4. The van der Waals surface area contributed by atoms with E-state index in [0.29, 0.717) is 0 Å². The molecule has 0 bridgehead atoms. The summed E-state index contributed by atoms with van der Waals surface area (Å²) < 4.78 is 1.16. The Morgan fingerprint density at radius 3 is 2.82 bits per heavy atom. The van der Waals surface area contributed by atoms with Crippen LogP contribution < -0.4 is 16.6 Å². The van der Waals surface area contributed by atoms with Crippen LogP contribution in [0.4, 0.5) is 4.79 Å². The Balaban J connectivity index is 2.54. The molecule has 0 spiro atoms. The van der Waals surface area contributed by atoms with Gasteiger partial charge in [0.05, 0.1) is 6.54 Å². The van der Waals surface area contributed by atoms with E-state index in [2.05, 4.69) is 20.3 Å². The molecule has 90 valence electrons. The third kappa shape index (κ3) is 1.89. The zero-order chi connectivity index (χ0) is 12.6. The number of aromatic amines is 2. The predicted molar refractivity (Wildman–Crippen MR) is 56.8 cm³/mol. The highest BCUT2D eigenvalue weighted by Crippen LogP contribution is 2.02. The second kappa shape index (κ2) is 3.77. The Morgan fingerprint density at radius 2 is 2.18 bits per heavy atom. The third-order valence-electron chi connectivity index (χ3n) is 2.21. The summed E-state index contributed by atoms with van der Waals surface area (Å²) in [6.07, 6.45) is -1.20. The summed E-state index contributed by atoms with van der Waals surface area (Å²) in [6.45, 7) is -0.0718. The van der Waals surface area contributed by atoms with Crippen molar-refractivity contribution in [2.45, 2.75) is 6.54 Å². The molecule has 0 radical (unpaired) electrons. The fourth-order valence-corrected chi connectivity index (χ4v) is 1.40. The number of fused-ring (bicyclic) bond motifs is 1. The first-order valence-electron chi connectivity index (χ1n) is 4.63. The molecule has 0 unspecified atom stereocenters. The summed E-state index contributed by atoms with van der Waals surface area (Å²) >= 11 is 0. The van der Waals surface area contributed by atoms with E-state index in [0.717, 1.165) is 4.57 Å². The van der Waals surface area contributed by atoms with Gasteiger partial charge in [-0.2, -0.15) is 0 Å². The highest BCUT2D eigenvalue weighted by atomic mass is 16.4. The monoisotopic (exact) mass is 239 g/mol. The van der Waals surface area contributed by atoms with Crippen LogP contribution in [0.25, 0.3) is 11.2 Å². The van der Waals surface area contributed by atoms with Crippen molar-refractivity contribution < 1.29 is 9.90 Å². The van der Waals surface area contributed by atoms with E-state index in [1.807, 2.05) is 0 Å². The average Bonchev–Trinajstić information content (AvgIpc) is 2.68. The maximum Gasteiger partial charge on any atom is 0.405 e. The minimum absolute atomic E-state index is 0.0718. The number of carbonyl (C=O) groups is 1. The molecule has 0 aliphatic carbocycles. The lowest BCUT2D eigenvalue weighted by Gasteiger charge is -1.95. The number of rotatable bonds is 2. The summed E-state index contributed by atoms with van der Waals surface area (Å²) in [5.74, 6) is 0.258. The summed E-state index contributed by atoms with van der Waals surface area (Å²) in [5.41, 5.74) is -0.848. The Bertz CT molecular complexity index is 694. The van der Waals surface area contributed by atoms with Gasteiger partial charge in [-0.15, -0.1) is 0 Å². The molecule has 0 saturated heterocycles. The predicted octanol–water partition coefficient (Wildman–Crippen LogP) is -1.28. The van der Waals surface area contributed by atoms with Gasteiger partial charge in [-0.1, -0.05) is 0 Å². The van der Waals surface area contributed by atoms with Crippen molar-refractivity contribution in [3.05, 3.63) is 26.7 Å². The number of aryl methyl sites for hydroxylation is 1. The van der Waals surface area contributed by atoms with Gasteiger partial charge in [-0.05, 0) is 0 Å². The maximum absolute atomic E-state index is 11.4. The minimum Gasteiger partial charge on any atom is -0.465 e. The highest BCUT2D eigenvalue weighted by molar-refractivity contribution is 5.69. The number of H-pyrrole nitrogens is 2. The quantitative estimate of drug-likeness (QED) is 0.518. The van der Waals surface area contributed by atoms with E-state index in [4.69, 9.17) is 5.11 Å². The molecule has 4 N–H and O–H groups in total. The molecule has 2 heterocycles. The van der Waals surface area contributed by atoms with Crippen LogP contribution in [0.15, 0.2) is 9.59 Å². The Morgan fingerprint density at radius 1 is 1.47 bits per heavy atom. The standard InChI is InChI=1S/C8H9N5O4/c1-13-5-4(6(14)12-7(13)15)10-3(11-5)2-9-8(16)17/h9H,2H2,1H3,(H,10,11)(H,16,17)(H,12,14,15). The number of nitrogens with zero attached hydrogens (tertiary/aromatic N) is 2. The topological polar surface area (TPSA) is 133 Å². The second-order valence-corrected chi connectivity index (χ2v) is 3.36. The van der Waals surface area contributed by atoms with E-state index in [9.17, 15) is 14.4 Å². The number of hydrogen-bond donors (Lipinski definition) is 4. The van der Waals surface area contributed by atoms with Crippen molar-refractivity contribution >= 4 is 17.3 Å². The fraction of sp³-hybridized carbons (Fsp3) is 0.250. The SMILES string of the molecule is Cn1c(=O)[nH]c(=O)c2[nH]c(CNC(=O)O)nc21. The summed E-state index contributed by atoms with van der Waals surface area (Å²) in [7, 11) is 1.45. The van der Waals surface area contributed by atoms with Gasteiger partial charge in [-0.3, -0.25) is 14.3 Å². The number of hydrogen-bond acceptors (Lipinski definition) is 4. The molecule has 0 fully saturated rings. The molecule has 0 aliphatic heterocycles. The summed E-state index contributed by atoms with van der Waals surface area (Å²) in [6, 6.07) is 0. The van der Waals surface area contributed by atoms with Gasteiger partial charge in [0.25, 0.3) is 5.56 Å². The molecule has 2 rings (SSSR count). The largest absolute Gasteiger partial charge is 0.465 e. The lowest BCUT2D eigenvalue weighted by Crippen LogP contribution is -2.28. The molecule has 0 aliphatic rings. The van der Waals surface area contributed by atoms with Crippen LogP contribution in [0.5, 0.6) is 0 Å². The summed E-state index contributed by atoms with van der Waals surface area (Å²) in [5, 5.41) is 10.5. The average molecular weight is 239 g/mol. The number of amides is 1. The van der Waals surface area contributed by atoms with E-state index >= 15 is 0 Å². The van der Waals surface area contributed by atoms with Crippen molar-refractivity contribution in [1.29, 1.82) is 0 Å². The van der Waals surface area contributed by atoms with Crippen molar-refractivity contribution in [3.63, 3.8) is 0 Å². The van der Waals surface area contributed by atoms with Gasteiger partial charge in [-0.25, -0.2) is 14.6 Å². The summed E-state index contributed by atoms with van der Waals surface area (Å²) in [4.78, 5) is 41.7. The van der Waals surface area contributed by atoms with Gasteiger partial charge in [0, 0.05) is 7.05 Å². The highest BCUT2D eigenvalue weighted by Gasteiger charge is 2.10. The van der Waals surface area contributed by atoms with Crippen molar-refractivity contribution in [2.75, 3.05) is 0 Å². The number of aromatic nitrogens is 4. The molecule has 9 heteroatoms. The molecule has 2 aromatic rings.